The molecule has 8 heteroatoms. The van der Waals surface area contributed by atoms with Crippen molar-refractivity contribution in [2.24, 2.45) is 0 Å². The van der Waals surface area contributed by atoms with Gasteiger partial charge in [0, 0.05) is 6.08 Å². The van der Waals surface area contributed by atoms with Gasteiger partial charge in [-0.05, 0) is 4.57 Å². The molecule has 2 N–H and O–H groups in total. The number of ether oxygens (including phenoxy) is 1. The molecular weight excluding hydrogens is 251 g/mol. The summed E-state index contributed by atoms with van der Waals surface area (Å²) in [5, 5.41) is 16.2. The average Bonchev–Trinajstić information content (AvgIpc) is 2.25. The lowest BCUT2D eigenvalue weighted by Gasteiger charge is -1.94. The van der Waals surface area contributed by atoms with E-state index in [1.54, 1.807) is 0 Å². The van der Waals surface area contributed by atoms with Gasteiger partial charge in [-0.2, -0.15) is 0 Å². The molecule has 7 nitrogen and oxygen atoms in total. The van der Waals surface area contributed by atoms with Crippen LogP contribution in [0, 0.1) is 0 Å². The van der Waals surface area contributed by atoms with Gasteiger partial charge in [0.25, 0.3) is 0 Å². The lowest BCUT2D eigenvalue weighted by Crippen LogP contribution is -2.04. The minimum Gasteiger partial charge on any atom is -0.481 e. The third-order valence-electron chi connectivity index (χ3n) is 1.09. The first kappa shape index (κ1) is 18.1. The molecule has 0 aliphatic heterocycles. The summed E-state index contributed by atoms with van der Waals surface area (Å²) in [6.07, 6.45) is 0.963. The second kappa shape index (κ2) is 12.8. The molecule has 17 heavy (non-hydrogen) atoms. The van der Waals surface area contributed by atoms with E-state index in [0.29, 0.717) is 0 Å². The van der Waals surface area contributed by atoms with Gasteiger partial charge in [-0.1, -0.05) is 6.58 Å². The van der Waals surface area contributed by atoms with E-state index in [0.717, 1.165) is 6.08 Å². The Hall–Kier alpha value is -1.30. The molecule has 1 atom stereocenters. The van der Waals surface area contributed by atoms with E-state index < -0.39 is 20.0 Å². The van der Waals surface area contributed by atoms with Gasteiger partial charge in [0.1, 0.15) is 13.2 Å². The van der Waals surface area contributed by atoms with Crippen molar-refractivity contribution in [1.82, 2.24) is 0 Å². The smallest absolute Gasteiger partial charge is 0.481 e. The summed E-state index contributed by atoms with van der Waals surface area (Å²) >= 11 is 0. The summed E-state index contributed by atoms with van der Waals surface area (Å²) in [6.45, 7) is 4.48. The Morgan fingerprint density at radius 2 is 2.00 bits per heavy atom. The van der Waals surface area contributed by atoms with E-state index in [1.165, 1.54) is 6.66 Å². The fourth-order valence-corrected chi connectivity index (χ4v) is 0.815. The number of esters is 1. The molecule has 0 spiro atoms. The van der Waals surface area contributed by atoms with Crippen LogP contribution in [0.1, 0.15) is 6.42 Å². The number of hydrogen-bond acceptors (Lipinski definition) is 6. The van der Waals surface area contributed by atoms with Crippen molar-refractivity contribution < 1.29 is 33.6 Å². The zero-order valence-electron chi connectivity index (χ0n) is 9.50. The number of carboxylic acids is 1. The number of hydrogen-bond donors (Lipinski definition) is 2. The Bertz CT molecular complexity index is 250. The van der Waals surface area contributed by atoms with Gasteiger partial charge in [-0.15, -0.1) is 4.52 Å². The first-order chi connectivity index (χ1) is 7.93. The fraction of sp³-hybridized carbons (Fsp3) is 0.556. The lowest BCUT2D eigenvalue weighted by atomic mass is 10.5. The molecule has 0 rings (SSSR count). The maximum atomic E-state index is 10.2. The third kappa shape index (κ3) is 20.7. The largest absolute Gasteiger partial charge is 0.504 e. The molecule has 0 aliphatic carbocycles. The molecule has 1 unspecified atom stereocenters. The summed E-state index contributed by atoms with van der Waals surface area (Å²) in [6, 6.07) is 0. The van der Waals surface area contributed by atoms with Crippen molar-refractivity contribution in [3.8, 4) is 0 Å². The van der Waals surface area contributed by atoms with Crippen LogP contribution in [0.15, 0.2) is 12.7 Å². The zero-order chi connectivity index (χ0) is 13.7. The van der Waals surface area contributed by atoms with E-state index in [4.69, 9.17) is 10.2 Å². The van der Waals surface area contributed by atoms with Gasteiger partial charge in [-0.25, -0.2) is 4.79 Å². The van der Waals surface area contributed by atoms with Crippen LogP contribution in [0.2, 0.25) is 0 Å². The molecule has 0 fully saturated rings. The Kier molecular flexibility index (Phi) is 13.6. The highest BCUT2D eigenvalue weighted by Crippen LogP contribution is 2.14. The number of aliphatic hydroxyl groups is 1. The first-order valence-corrected chi connectivity index (χ1v) is 6.22. The minimum atomic E-state index is -1.64. The molecule has 98 valence electrons. The van der Waals surface area contributed by atoms with Gasteiger partial charge in [0.05, 0.1) is 13.0 Å². The van der Waals surface area contributed by atoms with E-state index in [2.05, 4.69) is 15.8 Å². The normalized spacial score (nSPS) is 9.65. The molecule has 0 aromatic heterocycles. The number of carbonyl (C=O) groups is 2. The van der Waals surface area contributed by atoms with E-state index in [1.807, 2.05) is 0 Å². The highest BCUT2D eigenvalue weighted by molar-refractivity contribution is 7.38. The Balaban J connectivity index is 0. The third-order valence-corrected chi connectivity index (χ3v) is 1.64. The molecule has 0 aliphatic rings. The molecule has 0 heterocycles. The molecule has 0 bridgehead atoms. The van der Waals surface area contributed by atoms with Gasteiger partial charge >= 0.3 is 20.0 Å². The Morgan fingerprint density at radius 3 is 2.35 bits per heavy atom. The topological polar surface area (TPSA) is 110 Å². The Labute approximate surface area is 99.9 Å². The average molecular weight is 267 g/mol. The quantitative estimate of drug-likeness (QED) is 0.394. The fourth-order valence-electron chi connectivity index (χ4n) is 0.467. The Morgan fingerprint density at radius 1 is 1.41 bits per heavy atom. The summed E-state index contributed by atoms with van der Waals surface area (Å²) in [7, 11) is -1.64. The van der Waals surface area contributed by atoms with Crippen molar-refractivity contribution >= 4 is 20.0 Å². The predicted molar refractivity (Wildman–Crippen MR) is 60.0 cm³/mol. The number of carboxylic acid groups (broad SMARTS) is 1. The number of rotatable bonds is 7. The second-order valence-electron chi connectivity index (χ2n) is 2.51. The minimum absolute atomic E-state index is 0.0288. The predicted octanol–water partition coefficient (Wildman–Crippen LogP) is 0.558. The highest BCUT2D eigenvalue weighted by atomic mass is 31.1. The molecular formula is C9H16O7P+. The van der Waals surface area contributed by atoms with Gasteiger partial charge < -0.3 is 14.9 Å². The maximum Gasteiger partial charge on any atom is 0.504 e. The van der Waals surface area contributed by atoms with Crippen LogP contribution in [0.4, 0.5) is 0 Å². The van der Waals surface area contributed by atoms with Crippen LogP contribution in [-0.2, 0) is 23.4 Å². The molecule has 0 saturated heterocycles. The van der Waals surface area contributed by atoms with E-state index in [-0.39, 0.29) is 26.2 Å². The molecule has 0 amide bonds. The second-order valence-corrected chi connectivity index (χ2v) is 3.65. The monoisotopic (exact) mass is 267 g/mol. The zero-order valence-corrected chi connectivity index (χ0v) is 10.4. The summed E-state index contributed by atoms with van der Waals surface area (Å²) in [5.74, 6) is -1.44. The summed E-state index contributed by atoms with van der Waals surface area (Å²) < 4.78 is 19.0. The highest BCUT2D eigenvalue weighted by Gasteiger charge is 2.07. The number of aliphatic hydroxyl groups excluding tert-OH is 1. The van der Waals surface area contributed by atoms with Crippen LogP contribution in [0.3, 0.4) is 0 Å². The molecule has 0 radical (unpaired) electrons. The van der Waals surface area contributed by atoms with E-state index in [9.17, 15) is 14.2 Å². The van der Waals surface area contributed by atoms with Crippen LogP contribution >= 0.6 is 8.03 Å². The van der Waals surface area contributed by atoms with Gasteiger partial charge in [0.2, 0.25) is 0 Å². The van der Waals surface area contributed by atoms with Crippen molar-refractivity contribution in [3.05, 3.63) is 12.7 Å². The van der Waals surface area contributed by atoms with Crippen LogP contribution in [-0.4, -0.2) is 48.6 Å². The van der Waals surface area contributed by atoms with Gasteiger partial charge in [0.15, 0.2) is 6.66 Å². The number of aliphatic carboxylic acids is 1. The molecule has 0 aromatic carbocycles. The van der Waals surface area contributed by atoms with Crippen LogP contribution in [0.5, 0.6) is 0 Å². The summed E-state index contributed by atoms with van der Waals surface area (Å²) in [5.41, 5.74) is 0. The molecule has 0 aromatic rings. The SMILES string of the molecule is C=CC(=O)OCCO.C[P+](=O)OCCC(=O)O. The van der Waals surface area contributed by atoms with E-state index >= 15 is 0 Å². The maximum absolute atomic E-state index is 10.2. The molecule has 0 saturated carbocycles. The van der Waals surface area contributed by atoms with Crippen LogP contribution in [0.25, 0.3) is 0 Å². The van der Waals surface area contributed by atoms with Crippen molar-refractivity contribution in [2.75, 3.05) is 26.5 Å². The lowest BCUT2D eigenvalue weighted by molar-refractivity contribution is -0.139. The van der Waals surface area contributed by atoms with Crippen LogP contribution < -0.4 is 0 Å². The standard InChI is InChI=1S/C5H8O3.C4H7O4P/c1-2-5(7)8-4-3-6;1-9(7)8-3-2-4(5)6/h2,6H,1,3-4H2;2-3H2,1H3/p+1. The van der Waals surface area contributed by atoms with Crippen molar-refractivity contribution in [3.63, 3.8) is 0 Å². The first-order valence-electron chi connectivity index (χ1n) is 4.59. The van der Waals surface area contributed by atoms with Gasteiger partial charge in [-0.3, -0.25) is 4.79 Å². The summed E-state index contributed by atoms with van der Waals surface area (Å²) in [4.78, 5) is 19.9. The van der Waals surface area contributed by atoms with Crippen molar-refractivity contribution in [2.45, 2.75) is 6.42 Å². The van der Waals surface area contributed by atoms with Crippen molar-refractivity contribution in [1.29, 1.82) is 0 Å². The number of carbonyl (C=O) groups excluding carboxylic acids is 1.